The first-order chi connectivity index (χ1) is 14.6. The first kappa shape index (κ1) is 19.0. The van der Waals surface area contributed by atoms with Crippen molar-refractivity contribution in [2.45, 2.75) is 32.6 Å². The third-order valence-corrected chi connectivity index (χ3v) is 6.49. The van der Waals surface area contributed by atoms with Crippen LogP contribution in [0.2, 0.25) is 0 Å². The summed E-state index contributed by atoms with van der Waals surface area (Å²) in [7, 11) is 0. The van der Waals surface area contributed by atoms with Crippen LogP contribution < -0.4 is 9.80 Å². The summed E-state index contributed by atoms with van der Waals surface area (Å²) < 4.78 is 13.8. The Morgan fingerprint density at radius 2 is 1.87 bits per heavy atom. The molecule has 1 fully saturated rings. The van der Waals surface area contributed by atoms with Crippen LogP contribution >= 0.6 is 0 Å². The molecule has 1 aromatic heterocycles. The Bertz CT molecular complexity index is 1100. The van der Waals surface area contributed by atoms with E-state index in [2.05, 4.69) is 35.0 Å². The number of carbonyl (C=O) groups is 1. The Kier molecular flexibility index (Phi) is 4.89. The predicted molar refractivity (Wildman–Crippen MR) is 118 cm³/mol. The molecule has 0 N–H and O–H groups in total. The molecule has 0 spiro atoms. The number of fused-ring (bicyclic) bond motifs is 2. The second-order valence-electron chi connectivity index (χ2n) is 8.48. The highest BCUT2D eigenvalue weighted by Crippen LogP contribution is 2.33. The lowest BCUT2D eigenvalue weighted by atomic mass is 9.92. The molecule has 2 aromatic carbocycles. The third kappa shape index (κ3) is 3.42. The van der Waals surface area contributed by atoms with Gasteiger partial charge in [0, 0.05) is 48.5 Å². The molecule has 2 aliphatic rings. The molecule has 0 saturated carbocycles. The van der Waals surface area contributed by atoms with E-state index in [1.54, 1.807) is 18.3 Å². The van der Waals surface area contributed by atoms with Crippen molar-refractivity contribution < 1.29 is 9.18 Å². The molecule has 2 aliphatic heterocycles. The van der Waals surface area contributed by atoms with Gasteiger partial charge in [0.15, 0.2) is 0 Å². The van der Waals surface area contributed by atoms with Gasteiger partial charge in [-0.1, -0.05) is 17.7 Å². The zero-order chi connectivity index (χ0) is 20.7. The summed E-state index contributed by atoms with van der Waals surface area (Å²) in [5.41, 5.74) is 5.43. The Labute approximate surface area is 176 Å². The quantitative estimate of drug-likeness (QED) is 0.612. The largest absolute Gasteiger partial charge is 0.371 e. The number of anilines is 2. The predicted octanol–water partition coefficient (Wildman–Crippen LogP) is 4.88. The van der Waals surface area contributed by atoms with Gasteiger partial charge < -0.3 is 9.80 Å². The SMILES string of the molecule is Cc1ccc2c(c1)CCCN2C(=O)C1CCN(c2ccnc3ccc(F)cc23)CC1. The number of halogens is 1. The normalized spacial score (nSPS) is 17.3. The molecule has 0 unspecified atom stereocenters. The highest BCUT2D eigenvalue weighted by atomic mass is 19.1. The summed E-state index contributed by atoms with van der Waals surface area (Å²) in [5.74, 6) is 0.0456. The summed E-state index contributed by atoms with van der Waals surface area (Å²) in [4.78, 5) is 22.0. The van der Waals surface area contributed by atoms with Crippen molar-refractivity contribution in [3.8, 4) is 0 Å². The van der Waals surface area contributed by atoms with Gasteiger partial charge in [-0.2, -0.15) is 0 Å². The first-order valence-corrected chi connectivity index (χ1v) is 10.8. The zero-order valence-electron chi connectivity index (χ0n) is 17.3. The molecule has 1 amide bonds. The number of hydrogen-bond donors (Lipinski definition) is 0. The lowest BCUT2D eigenvalue weighted by molar-refractivity contribution is -0.123. The average Bonchev–Trinajstić information content (AvgIpc) is 2.77. The number of rotatable bonds is 2. The van der Waals surface area contributed by atoms with Crippen molar-refractivity contribution in [2.75, 3.05) is 29.4 Å². The van der Waals surface area contributed by atoms with Crippen LogP contribution in [0.4, 0.5) is 15.8 Å². The van der Waals surface area contributed by atoms with E-state index in [0.717, 1.165) is 67.6 Å². The molecule has 0 aliphatic carbocycles. The van der Waals surface area contributed by atoms with E-state index < -0.39 is 0 Å². The number of aryl methyl sites for hydroxylation is 2. The van der Waals surface area contributed by atoms with Gasteiger partial charge in [0.25, 0.3) is 0 Å². The van der Waals surface area contributed by atoms with Crippen LogP contribution in [-0.2, 0) is 11.2 Å². The number of benzene rings is 2. The molecule has 4 nitrogen and oxygen atoms in total. The van der Waals surface area contributed by atoms with Crippen LogP contribution in [0.15, 0.2) is 48.7 Å². The fourth-order valence-corrected chi connectivity index (χ4v) is 4.92. The fraction of sp³-hybridized carbons (Fsp3) is 0.360. The number of aromatic nitrogens is 1. The monoisotopic (exact) mass is 403 g/mol. The van der Waals surface area contributed by atoms with E-state index in [-0.39, 0.29) is 17.6 Å². The van der Waals surface area contributed by atoms with E-state index in [1.165, 1.54) is 17.2 Å². The van der Waals surface area contributed by atoms with Crippen molar-refractivity contribution in [3.05, 3.63) is 65.6 Å². The molecule has 30 heavy (non-hydrogen) atoms. The summed E-state index contributed by atoms with van der Waals surface area (Å²) in [6, 6.07) is 13.1. The highest BCUT2D eigenvalue weighted by molar-refractivity contribution is 5.96. The number of nitrogens with zero attached hydrogens (tertiary/aromatic N) is 3. The van der Waals surface area contributed by atoms with Crippen molar-refractivity contribution in [1.82, 2.24) is 4.98 Å². The second-order valence-corrected chi connectivity index (χ2v) is 8.48. The number of hydrogen-bond acceptors (Lipinski definition) is 3. The molecule has 0 radical (unpaired) electrons. The first-order valence-electron chi connectivity index (χ1n) is 10.8. The van der Waals surface area contributed by atoms with E-state index in [4.69, 9.17) is 0 Å². The van der Waals surface area contributed by atoms with Gasteiger partial charge in [-0.15, -0.1) is 0 Å². The van der Waals surface area contributed by atoms with Gasteiger partial charge in [0.2, 0.25) is 5.91 Å². The Morgan fingerprint density at radius 3 is 2.70 bits per heavy atom. The molecular weight excluding hydrogens is 377 g/mol. The minimum Gasteiger partial charge on any atom is -0.371 e. The molecule has 5 rings (SSSR count). The smallest absolute Gasteiger partial charge is 0.230 e. The Balaban J connectivity index is 1.33. The fourth-order valence-electron chi connectivity index (χ4n) is 4.92. The van der Waals surface area contributed by atoms with E-state index >= 15 is 0 Å². The van der Waals surface area contributed by atoms with Gasteiger partial charge >= 0.3 is 0 Å². The maximum absolute atomic E-state index is 13.8. The van der Waals surface area contributed by atoms with Crippen LogP contribution in [0.5, 0.6) is 0 Å². The van der Waals surface area contributed by atoms with Crippen LogP contribution in [-0.4, -0.2) is 30.5 Å². The minimum absolute atomic E-state index is 0.0401. The topological polar surface area (TPSA) is 36.4 Å². The molecule has 3 aromatic rings. The summed E-state index contributed by atoms with van der Waals surface area (Å²) >= 11 is 0. The highest BCUT2D eigenvalue weighted by Gasteiger charge is 2.31. The van der Waals surface area contributed by atoms with Gasteiger partial charge in [0.05, 0.1) is 5.52 Å². The van der Waals surface area contributed by atoms with E-state index in [9.17, 15) is 9.18 Å². The molecule has 5 heteroatoms. The van der Waals surface area contributed by atoms with Crippen molar-refractivity contribution >= 4 is 28.2 Å². The molecule has 0 bridgehead atoms. The third-order valence-electron chi connectivity index (χ3n) is 6.49. The number of amides is 1. The number of pyridine rings is 1. The standard InChI is InChI=1S/C25H26FN3O/c1-17-4-7-23-19(15-17)3-2-12-29(23)25(30)18-9-13-28(14-10-18)24-8-11-27-22-6-5-20(26)16-21(22)24/h4-8,11,15-16,18H,2-3,9-10,12-14H2,1H3. The maximum atomic E-state index is 13.8. The van der Waals surface area contributed by atoms with Gasteiger partial charge in [-0.25, -0.2) is 4.39 Å². The molecule has 1 saturated heterocycles. The van der Waals surface area contributed by atoms with Crippen molar-refractivity contribution in [3.63, 3.8) is 0 Å². The number of carbonyl (C=O) groups excluding carboxylic acids is 1. The Morgan fingerprint density at radius 1 is 1.03 bits per heavy atom. The lowest BCUT2D eigenvalue weighted by Gasteiger charge is -2.37. The molecule has 0 atom stereocenters. The maximum Gasteiger partial charge on any atom is 0.230 e. The summed E-state index contributed by atoms with van der Waals surface area (Å²) in [6.45, 7) is 4.50. The van der Waals surface area contributed by atoms with Gasteiger partial charge in [0.1, 0.15) is 5.82 Å². The van der Waals surface area contributed by atoms with Gasteiger partial charge in [-0.05, 0) is 68.5 Å². The van der Waals surface area contributed by atoms with Crippen LogP contribution in [0, 0.1) is 18.7 Å². The molecular formula is C25H26FN3O. The number of piperidine rings is 1. The summed E-state index contributed by atoms with van der Waals surface area (Å²) in [5, 5.41) is 0.836. The van der Waals surface area contributed by atoms with Gasteiger partial charge in [-0.3, -0.25) is 9.78 Å². The lowest BCUT2D eigenvalue weighted by Crippen LogP contribution is -2.44. The van der Waals surface area contributed by atoms with E-state index in [1.807, 2.05) is 11.0 Å². The minimum atomic E-state index is -0.249. The second kappa shape index (κ2) is 7.71. The zero-order valence-corrected chi connectivity index (χ0v) is 17.3. The van der Waals surface area contributed by atoms with E-state index in [0.29, 0.717) is 0 Å². The molecule has 3 heterocycles. The van der Waals surface area contributed by atoms with Crippen LogP contribution in [0.3, 0.4) is 0 Å². The van der Waals surface area contributed by atoms with Crippen LogP contribution in [0.1, 0.15) is 30.4 Å². The van der Waals surface area contributed by atoms with Crippen molar-refractivity contribution in [2.24, 2.45) is 5.92 Å². The molecule has 154 valence electrons. The average molecular weight is 404 g/mol. The van der Waals surface area contributed by atoms with Crippen molar-refractivity contribution in [1.29, 1.82) is 0 Å². The van der Waals surface area contributed by atoms with Crippen LogP contribution in [0.25, 0.3) is 10.9 Å². The Hall–Kier alpha value is -2.95. The summed E-state index contributed by atoms with van der Waals surface area (Å²) in [6.07, 6.45) is 5.48.